The number of phenols is 4. The maximum atomic E-state index is 13.4. The number of nitrogens with one attached hydrogen (secondary N) is 1. The van der Waals surface area contributed by atoms with Gasteiger partial charge in [0.25, 0.3) is 0 Å². The van der Waals surface area contributed by atoms with Crippen LogP contribution in [0.15, 0.2) is 72.8 Å². The fraction of sp³-hybridized carbons (Fsp3) is 0.306. The number of likely N-dealkylation sites (N-methyl/N-ethyl adjacent to an activating group) is 1. The third-order valence-electron chi connectivity index (χ3n) is 8.72. The van der Waals surface area contributed by atoms with Gasteiger partial charge in [-0.3, -0.25) is 5.32 Å². The van der Waals surface area contributed by atoms with Gasteiger partial charge in [-0.2, -0.15) is 0 Å². The Labute approximate surface area is 286 Å². The van der Waals surface area contributed by atoms with Crippen molar-refractivity contribution in [2.24, 2.45) is 5.92 Å². The second kappa shape index (κ2) is 15.4. The molecule has 0 unspecified atom stereocenters. The first kappa shape index (κ1) is 37.4. The van der Waals surface area contributed by atoms with Crippen LogP contribution in [0.2, 0.25) is 0 Å². The van der Waals surface area contributed by atoms with E-state index < -0.39 is 82.9 Å². The van der Waals surface area contributed by atoms with E-state index in [-0.39, 0.29) is 17.5 Å². The molecule has 50 heavy (non-hydrogen) atoms. The molecule has 0 heterocycles. The summed E-state index contributed by atoms with van der Waals surface area (Å²) in [7, 11) is 1.25. The molecule has 1 aliphatic rings. The summed E-state index contributed by atoms with van der Waals surface area (Å²) < 4.78 is 11.5. The van der Waals surface area contributed by atoms with Crippen LogP contribution in [-0.2, 0) is 36.7 Å². The number of rotatable bonds is 12. The van der Waals surface area contributed by atoms with Gasteiger partial charge in [0.05, 0.1) is 0 Å². The smallest absolute Gasteiger partial charge is 0.336 e. The molecule has 6 atom stereocenters. The number of esters is 2. The molecule has 9 N–H and O–H groups in total. The zero-order chi connectivity index (χ0) is 36.8. The minimum absolute atomic E-state index is 0.243. The lowest BCUT2D eigenvalue weighted by atomic mass is 9.62. The van der Waals surface area contributed by atoms with Gasteiger partial charge in [-0.25, -0.2) is 14.4 Å². The van der Waals surface area contributed by atoms with Gasteiger partial charge in [-0.1, -0.05) is 43.3 Å². The van der Waals surface area contributed by atoms with Gasteiger partial charge in [-0.05, 0) is 78.6 Å². The number of aliphatic carboxylic acids is 1. The summed E-state index contributed by atoms with van der Waals surface area (Å²) in [4.78, 5) is 39.6. The van der Waals surface area contributed by atoms with E-state index in [2.05, 4.69) is 5.32 Å². The van der Waals surface area contributed by atoms with Crippen LogP contribution < -0.4 is 5.32 Å². The zero-order valence-corrected chi connectivity index (χ0v) is 27.1. The van der Waals surface area contributed by atoms with Crippen molar-refractivity contribution in [3.05, 3.63) is 95.1 Å². The lowest BCUT2D eigenvalue weighted by molar-refractivity contribution is -0.284. The minimum Gasteiger partial charge on any atom is -0.504 e. The molecule has 14 heteroatoms. The topological polar surface area (TPSA) is 244 Å². The van der Waals surface area contributed by atoms with E-state index in [9.17, 15) is 55.2 Å². The van der Waals surface area contributed by atoms with Crippen LogP contribution in [-0.4, -0.2) is 95.4 Å². The molecular weight excluding hydrogens is 654 g/mol. The molecule has 0 aliphatic heterocycles. The quantitative estimate of drug-likeness (QED) is 0.0570. The first-order chi connectivity index (χ1) is 23.6. The maximum Gasteiger partial charge on any atom is 0.336 e. The molecule has 3 aromatic rings. The Bertz CT molecular complexity index is 1790. The Morgan fingerprint density at radius 1 is 0.880 bits per heavy atom. The summed E-state index contributed by atoms with van der Waals surface area (Å²) in [6.07, 6.45) is -2.67. The molecule has 0 amide bonds. The highest BCUT2D eigenvalue weighted by molar-refractivity contribution is 5.89. The number of ether oxygens (including phenoxy) is 2. The van der Waals surface area contributed by atoms with Crippen molar-refractivity contribution in [3.63, 3.8) is 0 Å². The second-order valence-corrected chi connectivity index (χ2v) is 11.9. The van der Waals surface area contributed by atoms with E-state index in [0.717, 1.165) is 29.8 Å². The van der Waals surface area contributed by atoms with Crippen LogP contribution in [0.1, 0.15) is 35.6 Å². The Morgan fingerprint density at radius 2 is 1.44 bits per heavy atom. The van der Waals surface area contributed by atoms with Crippen LogP contribution in [0, 0.1) is 5.92 Å². The normalized spacial score (nSPS) is 24.2. The number of aromatic hydroxyl groups is 4. The van der Waals surface area contributed by atoms with E-state index in [1.807, 2.05) is 13.0 Å². The Morgan fingerprint density at radius 3 is 1.96 bits per heavy atom. The molecule has 4 rings (SSSR count). The number of phenolic OH excluding ortho intramolecular Hbond substituents is 4. The minimum atomic E-state index is -2.78. The van der Waals surface area contributed by atoms with Crippen LogP contribution in [0.25, 0.3) is 12.2 Å². The predicted molar refractivity (Wildman–Crippen MR) is 178 cm³/mol. The fourth-order valence-electron chi connectivity index (χ4n) is 6.02. The molecule has 266 valence electrons. The number of hydrogen-bond donors (Lipinski definition) is 9. The van der Waals surface area contributed by atoms with Gasteiger partial charge in [0.1, 0.15) is 6.10 Å². The van der Waals surface area contributed by atoms with Crippen LogP contribution in [0.4, 0.5) is 0 Å². The number of carbonyl (C=O) groups is 3. The molecule has 1 saturated carbocycles. The maximum absolute atomic E-state index is 13.4. The molecule has 0 bridgehead atoms. The fourth-order valence-corrected chi connectivity index (χ4v) is 6.02. The van der Waals surface area contributed by atoms with Crippen molar-refractivity contribution in [1.82, 2.24) is 5.32 Å². The first-order valence-corrected chi connectivity index (χ1v) is 15.5. The molecule has 1 fully saturated rings. The lowest BCUT2D eigenvalue weighted by Gasteiger charge is -2.54. The van der Waals surface area contributed by atoms with Gasteiger partial charge in [0, 0.05) is 24.5 Å². The summed E-state index contributed by atoms with van der Waals surface area (Å²) in [5.41, 5.74) is -3.54. The summed E-state index contributed by atoms with van der Waals surface area (Å²) in [5, 5.41) is 86.4. The average Bonchev–Trinajstić information content (AvgIpc) is 3.08. The molecule has 0 spiro atoms. The van der Waals surface area contributed by atoms with E-state index >= 15 is 0 Å². The number of benzene rings is 3. The number of aryl methyl sites for hydroxylation is 1. The Kier molecular flexibility index (Phi) is 11.5. The molecule has 0 aromatic heterocycles. The van der Waals surface area contributed by atoms with Gasteiger partial charge in [-0.15, -0.1) is 0 Å². The second-order valence-electron chi connectivity index (χ2n) is 11.9. The number of hydrogen-bond acceptors (Lipinski definition) is 13. The van der Waals surface area contributed by atoms with Crippen LogP contribution >= 0.6 is 0 Å². The summed E-state index contributed by atoms with van der Waals surface area (Å²) >= 11 is 0. The van der Waals surface area contributed by atoms with E-state index in [4.69, 9.17) is 9.47 Å². The summed E-state index contributed by atoms with van der Waals surface area (Å²) in [5.74, 6) is -7.55. The zero-order valence-electron chi connectivity index (χ0n) is 27.1. The van der Waals surface area contributed by atoms with Crippen molar-refractivity contribution in [1.29, 1.82) is 0 Å². The number of aliphatic hydroxyl groups excluding tert-OH is 2. The summed E-state index contributed by atoms with van der Waals surface area (Å²) in [6, 6.07) is 14.3. The molecule has 1 aliphatic carbocycles. The van der Waals surface area contributed by atoms with Crippen molar-refractivity contribution in [2.75, 3.05) is 7.05 Å². The summed E-state index contributed by atoms with van der Waals surface area (Å²) in [6.45, 7) is 1.90. The van der Waals surface area contributed by atoms with Gasteiger partial charge in [0.15, 0.2) is 40.9 Å². The monoisotopic (exact) mass is 693 g/mol. The molecule has 0 saturated heterocycles. The van der Waals surface area contributed by atoms with Crippen molar-refractivity contribution < 1.29 is 64.7 Å². The lowest BCUT2D eigenvalue weighted by Crippen LogP contribution is -2.76. The molecule has 3 aromatic carbocycles. The highest BCUT2D eigenvalue weighted by Crippen LogP contribution is 2.47. The number of carboxylic acids is 1. The Hall–Kier alpha value is -5.41. The van der Waals surface area contributed by atoms with E-state index in [1.165, 1.54) is 43.5 Å². The number of carbonyl (C=O) groups excluding carboxylic acids is 2. The van der Waals surface area contributed by atoms with Crippen molar-refractivity contribution in [3.8, 4) is 23.0 Å². The first-order valence-electron chi connectivity index (χ1n) is 15.5. The highest BCUT2D eigenvalue weighted by Gasteiger charge is 2.69. The molecule has 0 radical (unpaired) electrons. The van der Waals surface area contributed by atoms with Gasteiger partial charge >= 0.3 is 17.9 Å². The number of aliphatic hydroxyl groups is 3. The Balaban J connectivity index is 1.84. The average molecular weight is 694 g/mol. The predicted octanol–water partition coefficient (Wildman–Crippen LogP) is 1.97. The third kappa shape index (κ3) is 7.90. The van der Waals surface area contributed by atoms with E-state index in [1.54, 1.807) is 18.2 Å². The van der Waals surface area contributed by atoms with Crippen molar-refractivity contribution in [2.45, 2.75) is 55.8 Å². The van der Waals surface area contributed by atoms with Gasteiger partial charge < -0.3 is 50.3 Å². The largest absolute Gasteiger partial charge is 0.504 e. The van der Waals surface area contributed by atoms with Crippen molar-refractivity contribution >= 4 is 30.1 Å². The third-order valence-corrected chi connectivity index (χ3v) is 8.72. The van der Waals surface area contributed by atoms with E-state index in [0.29, 0.717) is 12.0 Å². The molecular formula is C36H39NO13. The van der Waals surface area contributed by atoms with Gasteiger partial charge in [0.2, 0.25) is 5.60 Å². The highest BCUT2D eigenvalue weighted by atomic mass is 16.6. The van der Waals surface area contributed by atoms with Crippen LogP contribution in [0.5, 0.6) is 23.0 Å². The standard InChI is InChI=1S/C36H39NO13/c1-3-20-5-4-6-23(15-20)16-24-32(49-30(43)13-9-21-7-11-25(38)27(40)17-21)36(33(45)37-2,29(42)19-35(24,48)34(46)47)50-31(44)14-10-22-8-12-26(39)28(41)18-22/h4-15,17-18,24,29,32-33,37-42,45,48H,3,16,19H2,1-2H3,(H,46,47)/t24-,29-,32-,33-,35-,36+/m1/s1. The SMILES string of the molecule is CCc1cccc(C[C@@H]2[C@@H](OC(=O)C=Cc3ccc(O)c(O)c3)[C@](OC(=O)C=Cc3ccc(O)c(O)c3)([C@@H](O)NC)[C@H](O)C[C@]2(O)C(=O)O)c1. The molecule has 14 nitrogen and oxygen atoms in total. The van der Waals surface area contributed by atoms with Crippen LogP contribution in [0.3, 0.4) is 0 Å². The number of carboxylic acid groups (broad SMARTS) is 1.